The molecule has 0 fully saturated rings. The summed E-state index contributed by atoms with van der Waals surface area (Å²) < 4.78 is 5.21. The molecule has 0 atom stereocenters. The summed E-state index contributed by atoms with van der Waals surface area (Å²) in [6.45, 7) is 2.11. The number of benzene rings is 3. The first kappa shape index (κ1) is 18.0. The maximum absolute atomic E-state index is 11.3. The highest BCUT2D eigenvalue weighted by Gasteiger charge is 2.12. The highest BCUT2D eigenvalue weighted by molar-refractivity contribution is 5.93. The minimum absolute atomic E-state index is 0.367. The number of aliphatic imine (C=N–C) groups is 1. The minimum atomic E-state index is -0.367. The number of para-hydroxylation sites is 1. The molecule has 6 nitrogen and oxygen atoms in total. The molecule has 0 saturated carbocycles. The van der Waals surface area contributed by atoms with Gasteiger partial charge in [-0.1, -0.05) is 30.3 Å². The van der Waals surface area contributed by atoms with Crippen molar-refractivity contribution in [2.24, 2.45) is 4.99 Å². The molecule has 1 aromatic heterocycles. The summed E-state index contributed by atoms with van der Waals surface area (Å²) >= 11 is 0. The Morgan fingerprint density at radius 2 is 1.90 bits per heavy atom. The van der Waals surface area contributed by atoms with Crippen molar-refractivity contribution in [2.75, 3.05) is 5.32 Å². The van der Waals surface area contributed by atoms with Crippen LogP contribution >= 0.6 is 0 Å². The van der Waals surface area contributed by atoms with Gasteiger partial charge in [-0.15, -0.1) is 0 Å². The Morgan fingerprint density at radius 3 is 2.80 bits per heavy atom. The number of anilines is 2. The van der Waals surface area contributed by atoms with Crippen molar-refractivity contribution < 1.29 is 9.53 Å². The summed E-state index contributed by atoms with van der Waals surface area (Å²) in [6.07, 6.45) is 1.89. The first-order valence-corrected chi connectivity index (χ1v) is 9.61. The first-order valence-electron chi connectivity index (χ1n) is 9.61. The number of nitrogens with zero attached hydrogens (tertiary/aromatic N) is 3. The van der Waals surface area contributed by atoms with Crippen LogP contribution in [-0.4, -0.2) is 22.2 Å². The van der Waals surface area contributed by atoms with Crippen molar-refractivity contribution in [1.82, 2.24) is 9.97 Å². The molecule has 2 heterocycles. The zero-order chi connectivity index (χ0) is 20.5. The Hall–Kier alpha value is -4.06. The van der Waals surface area contributed by atoms with Gasteiger partial charge in [0.25, 0.3) is 0 Å². The Kier molecular flexibility index (Phi) is 4.44. The first-order chi connectivity index (χ1) is 14.7. The molecule has 30 heavy (non-hydrogen) atoms. The average molecular weight is 394 g/mol. The fourth-order valence-corrected chi connectivity index (χ4v) is 3.48. The fourth-order valence-electron chi connectivity index (χ4n) is 3.48. The molecule has 1 aliphatic rings. The highest BCUT2D eigenvalue weighted by Crippen LogP contribution is 2.29. The topological polar surface area (TPSA) is 76.5 Å². The Labute approximate surface area is 173 Å². The van der Waals surface area contributed by atoms with Crippen LogP contribution in [0.25, 0.3) is 22.3 Å². The predicted octanol–water partition coefficient (Wildman–Crippen LogP) is 4.90. The smallest absolute Gasteiger partial charge is 0.308 e. The zero-order valence-corrected chi connectivity index (χ0v) is 16.3. The number of esters is 1. The van der Waals surface area contributed by atoms with E-state index in [9.17, 15) is 4.79 Å². The third-order valence-electron chi connectivity index (χ3n) is 4.86. The van der Waals surface area contributed by atoms with Crippen LogP contribution in [0.1, 0.15) is 18.1 Å². The summed E-state index contributed by atoms with van der Waals surface area (Å²) in [6, 6.07) is 21.3. The third kappa shape index (κ3) is 3.51. The summed E-state index contributed by atoms with van der Waals surface area (Å²) in [7, 11) is 0. The molecule has 0 saturated heterocycles. The predicted molar refractivity (Wildman–Crippen MR) is 117 cm³/mol. The highest BCUT2D eigenvalue weighted by atomic mass is 16.5. The van der Waals surface area contributed by atoms with Crippen LogP contribution in [0.5, 0.6) is 5.75 Å². The van der Waals surface area contributed by atoms with Crippen LogP contribution in [0.2, 0.25) is 0 Å². The molecule has 0 aliphatic carbocycles. The van der Waals surface area contributed by atoms with Crippen molar-refractivity contribution in [1.29, 1.82) is 0 Å². The second-order valence-electron chi connectivity index (χ2n) is 7.04. The Morgan fingerprint density at radius 1 is 1.00 bits per heavy atom. The van der Waals surface area contributed by atoms with Crippen LogP contribution in [0.3, 0.4) is 0 Å². The number of ether oxygens (including phenoxy) is 1. The standard InChI is InChI=1S/C24H18N4O2/c1-15(29)30-20-6-4-5-16(12-20)23-27-22-8-3-2-7-21(22)24(28-23)26-19-10-9-17-13-25-14-18(17)11-19/h2-12,14H,13H2,1H3,(H,26,27,28). The number of carbonyl (C=O) groups is 1. The van der Waals surface area contributed by atoms with Crippen LogP contribution in [0.15, 0.2) is 71.7 Å². The number of carbonyl (C=O) groups excluding carboxylic acids is 1. The van der Waals surface area contributed by atoms with E-state index in [0.717, 1.165) is 34.3 Å². The van der Waals surface area contributed by atoms with E-state index >= 15 is 0 Å². The van der Waals surface area contributed by atoms with Crippen molar-refractivity contribution in [2.45, 2.75) is 13.5 Å². The number of aromatic nitrogens is 2. The van der Waals surface area contributed by atoms with Gasteiger partial charge in [-0.3, -0.25) is 9.79 Å². The van der Waals surface area contributed by atoms with Crippen LogP contribution in [0.4, 0.5) is 11.5 Å². The van der Waals surface area contributed by atoms with Gasteiger partial charge in [0.2, 0.25) is 0 Å². The maximum Gasteiger partial charge on any atom is 0.308 e. The quantitative estimate of drug-likeness (QED) is 0.394. The van der Waals surface area contributed by atoms with Gasteiger partial charge in [0.15, 0.2) is 5.82 Å². The fraction of sp³-hybridized carbons (Fsp3) is 0.0833. The van der Waals surface area contributed by atoms with E-state index in [-0.39, 0.29) is 5.97 Å². The molecule has 0 spiro atoms. The SMILES string of the molecule is CC(=O)Oc1cccc(-c2nc(Nc3ccc4c(c3)C=NC4)c3ccccc3n2)c1. The molecular formula is C24H18N4O2. The molecule has 5 rings (SSSR count). The Balaban J connectivity index is 1.58. The van der Waals surface area contributed by atoms with Crippen molar-refractivity contribution in [3.8, 4) is 17.1 Å². The van der Waals surface area contributed by atoms with Crippen LogP contribution in [0, 0.1) is 0 Å². The monoisotopic (exact) mass is 394 g/mol. The third-order valence-corrected chi connectivity index (χ3v) is 4.86. The molecule has 0 amide bonds. The molecule has 0 bridgehead atoms. The van der Waals surface area contributed by atoms with E-state index in [0.29, 0.717) is 17.4 Å². The van der Waals surface area contributed by atoms with E-state index in [1.807, 2.05) is 48.7 Å². The Bertz CT molecular complexity index is 1310. The lowest BCUT2D eigenvalue weighted by Gasteiger charge is -2.12. The summed E-state index contributed by atoms with van der Waals surface area (Å²) in [5.41, 5.74) is 4.86. The number of rotatable bonds is 4. The number of nitrogens with one attached hydrogen (secondary N) is 1. The molecular weight excluding hydrogens is 376 g/mol. The molecule has 0 unspecified atom stereocenters. The molecule has 1 aliphatic heterocycles. The molecule has 4 aromatic rings. The lowest BCUT2D eigenvalue weighted by Crippen LogP contribution is -2.02. The number of fused-ring (bicyclic) bond motifs is 2. The van der Waals surface area contributed by atoms with Gasteiger partial charge in [0.05, 0.1) is 12.1 Å². The van der Waals surface area contributed by atoms with Gasteiger partial charge < -0.3 is 10.1 Å². The second-order valence-corrected chi connectivity index (χ2v) is 7.04. The second kappa shape index (κ2) is 7.40. The van der Waals surface area contributed by atoms with E-state index < -0.39 is 0 Å². The molecule has 1 N–H and O–H groups in total. The van der Waals surface area contributed by atoms with Gasteiger partial charge >= 0.3 is 5.97 Å². The molecule has 3 aromatic carbocycles. The van der Waals surface area contributed by atoms with Gasteiger partial charge in [0.1, 0.15) is 11.6 Å². The van der Waals surface area contributed by atoms with Crippen molar-refractivity contribution in [3.63, 3.8) is 0 Å². The van der Waals surface area contributed by atoms with Gasteiger partial charge in [-0.25, -0.2) is 9.97 Å². The average Bonchev–Trinajstić information content (AvgIpc) is 3.21. The molecule has 0 radical (unpaired) electrons. The number of hydrogen-bond donors (Lipinski definition) is 1. The van der Waals surface area contributed by atoms with Crippen molar-refractivity contribution >= 4 is 34.6 Å². The van der Waals surface area contributed by atoms with E-state index in [1.165, 1.54) is 12.5 Å². The lowest BCUT2D eigenvalue weighted by atomic mass is 10.1. The number of hydrogen-bond acceptors (Lipinski definition) is 6. The van der Waals surface area contributed by atoms with Crippen LogP contribution in [-0.2, 0) is 11.3 Å². The minimum Gasteiger partial charge on any atom is -0.427 e. The van der Waals surface area contributed by atoms with Gasteiger partial charge in [-0.05, 0) is 47.5 Å². The summed E-state index contributed by atoms with van der Waals surface area (Å²) in [4.78, 5) is 25.1. The zero-order valence-electron chi connectivity index (χ0n) is 16.3. The normalized spacial score (nSPS) is 12.0. The van der Waals surface area contributed by atoms with Gasteiger partial charge in [-0.2, -0.15) is 0 Å². The van der Waals surface area contributed by atoms with E-state index in [1.54, 1.807) is 12.1 Å². The summed E-state index contributed by atoms with van der Waals surface area (Å²) in [5.74, 6) is 1.36. The van der Waals surface area contributed by atoms with E-state index in [2.05, 4.69) is 22.4 Å². The van der Waals surface area contributed by atoms with Crippen LogP contribution < -0.4 is 10.1 Å². The van der Waals surface area contributed by atoms with E-state index in [4.69, 9.17) is 14.7 Å². The summed E-state index contributed by atoms with van der Waals surface area (Å²) in [5, 5.41) is 4.36. The lowest BCUT2D eigenvalue weighted by molar-refractivity contribution is -0.131. The van der Waals surface area contributed by atoms with Crippen molar-refractivity contribution in [3.05, 3.63) is 77.9 Å². The van der Waals surface area contributed by atoms with Gasteiger partial charge in [0, 0.05) is 29.8 Å². The largest absolute Gasteiger partial charge is 0.427 e. The maximum atomic E-state index is 11.3. The molecule has 146 valence electrons. The molecule has 6 heteroatoms.